The van der Waals surface area contributed by atoms with Crippen molar-refractivity contribution in [2.75, 3.05) is 13.2 Å². The third kappa shape index (κ3) is 5.57. The number of aromatic carboxylic acids is 1. The molecule has 0 spiro atoms. The smallest absolute Gasteiger partial charge is 0.335 e. The number of carbonyl (C=O) groups is 2. The van der Waals surface area contributed by atoms with Crippen LogP contribution in [0, 0.1) is 6.92 Å². The van der Waals surface area contributed by atoms with Gasteiger partial charge in [-0.25, -0.2) is 4.79 Å². The Morgan fingerprint density at radius 3 is 2.68 bits per heavy atom. The Labute approximate surface area is 164 Å². The number of amides is 1. The first-order valence-corrected chi connectivity index (χ1v) is 9.44. The number of carboxylic acids is 1. The lowest BCUT2D eigenvalue weighted by Gasteiger charge is -2.17. The van der Waals surface area contributed by atoms with Gasteiger partial charge in [0.05, 0.1) is 18.8 Å². The lowest BCUT2D eigenvalue weighted by atomic mass is 10.1. The van der Waals surface area contributed by atoms with Gasteiger partial charge in [0.15, 0.2) is 0 Å². The molecule has 2 N–H and O–H groups in total. The second kappa shape index (κ2) is 9.37. The van der Waals surface area contributed by atoms with E-state index in [1.807, 2.05) is 25.1 Å². The fourth-order valence-electron chi connectivity index (χ4n) is 3.06. The summed E-state index contributed by atoms with van der Waals surface area (Å²) in [5, 5.41) is 11.9. The van der Waals surface area contributed by atoms with Crippen LogP contribution in [0.2, 0.25) is 0 Å². The van der Waals surface area contributed by atoms with E-state index in [9.17, 15) is 9.59 Å². The van der Waals surface area contributed by atoms with Crippen molar-refractivity contribution in [1.82, 2.24) is 5.32 Å². The molecule has 6 heteroatoms. The van der Waals surface area contributed by atoms with E-state index in [4.69, 9.17) is 14.6 Å². The zero-order valence-corrected chi connectivity index (χ0v) is 15.9. The second-order valence-electron chi connectivity index (χ2n) is 6.99. The van der Waals surface area contributed by atoms with Crippen LogP contribution in [0.25, 0.3) is 0 Å². The highest BCUT2D eigenvalue weighted by Gasteiger charge is 2.19. The van der Waals surface area contributed by atoms with E-state index in [0.29, 0.717) is 26.0 Å². The molecule has 1 atom stereocenters. The molecule has 28 heavy (non-hydrogen) atoms. The highest BCUT2D eigenvalue weighted by molar-refractivity contribution is 5.87. The third-order valence-corrected chi connectivity index (χ3v) is 4.72. The number of benzene rings is 2. The molecule has 1 saturated heterocycles. The molecule has 1 fully saturated rings. The van der Waals surface area contributed by atoms with Crippen molar-refractivity contribution < 1.29 is 24.2 Å². The Kier molecular flexibility index (Phi) is 6.66. The van der Waals surface area contributed by atoms with Crippen LogP contribution in [0.15, 0.2) is 42.5 Å². The van der Waals surface area contributed by atoms with Crippen molar-refractivity contribution in [3.63, 3.8) is 0 Å². The lowest BCUT2D eigenvalue weighted by Crippen LogP contribution is -2.24. The summed E-state index contributed by atoms with van der Waals surface area (Å²) in [6.45, 7) is 3.73. The maximum absolute atomic E-state index is 12.2. The summed E-state index contributed by atoms with van der Waals surface area (Å²) in [5.41, 5.74) is 3.22. The number of hydrogen-bond acceptors (Lipinski definition) is 4. The molecule has 6 nitrogen and oxygen atoms in total. The Bertz CT molecular complexity index is 825. The molecule has 1 unspecified atom stereocenters. The van der Waals surface area contributed by atoms with Gasteiger partial charge >= 0.3 is 5.97 Å². The van der Waals surface area contributed by atoms with Gasteiger partial charge in [-0.3, -0.25) is 4.79 Å². The van der Waals surface area contributed by atoms with Gasteiger partial charge in [-0.1, -0.05) is 24.3 Å². The summed E-state index contributed by atoms with van der Waals surface area (Å²) >= 11 is 0. The van der Waals surface area contributed by atoms with Crippen molar-refractivity contribution in [2.24, 2.45) is 0 Å². The Morgan fingerprint density at radius 2 is 2.00 bits per heavy atom. The van der Waals surface area contributed by atoms with E-state index in [1.54, 1.807) is 24.3 Å². The Balaban J connectivity index is 1.51. The van der Waals surface area contributed by atoms with Gasteiger partial charge < -0.3 is 19.9 Å². The van der Waals surface area contributed by atoms with Gasteiger partial charge in [0.25, 0.3) is 0 Å². The molecule has 1 aliphatic heterocycles. The molecule has 3 rings (SSSR count). The summed E-state index contributed by atoms with van der Waals surface area (Å²) in [5.74, 6) is -0.220. The van der Waals surface area contributed by atoms with E-state index in [1.165, 1.54) is 0 Å². The molecule has 1 heterocycles. The van der Waals surface area contributed by atoms with E-state index in [2.05, 4.69) is 5.32 Å². The first kappa shape index (κ1) is 19.9. The molecular formula is C22H25NO5. The van der Waals surface area contributed by atoms with Gasteiger partial charge in [0.1, 0.15) is 11.9 Å². The van der Waals surface area contributed by atoms with E-state index in [-0.39, 0.29) is 17.6 Å². The topological polar surface area (TPSA) is 84.9 Å². The molecular weight excluding hydrogens is 358 g/mol. The van der Waals surface area contributed by atoms with Gasteiger partial charge in [0.2, 0.25) is 5.91 Å². The minimum absolute atomic E-state index is 0.0574. The molecule has 0 radical (unpaired) electrons. The summed E-state index contributed by atoms with van der Waals surface area (Å²) < 4.78 is 11.4. The zero-order chi connectivity index (χ0) is 19.9. The van der Waals surface area contributed by atoms with Crippen LogP contribution >= 0.6 is 0 Å². The Morgan fingerprint density at radius 1 is 1.21 bits per heavy atom. The van der Waals surface area contributed by atoms with Crippen LogP contribution in [0.5, 0.6) is 5.75 Å². The van der Waals surface area contributed by atoms with Crippen LogP contribution in [0.3, 0.4) is 0 Å². The predicted molar refractivity (Wildman–Crippen MR) is 105 cm³/mol. The zero-order valence-electron chi connectivity index (χ0n) is 15.9. The molecule has 0 aliphatic carbocycles. The van der Waals surface area contributed by atoms with Crippen molar-refractivity contribution in [3.8, 4) is 5.75 Å². The van der Waals surface area contributed by atoms with E-state index < -0.39 is 5.97 Å². The Hall–Kier alpha value is -2.86. The summed E-state index contributed by atoms with van der Waals surface area (Å²) in [6, 6.07) is 12.6. The summed E-state index contributed by atoms with van der Waals surface area (Å²) in [7, 11) is 0. The number of ether oxygens (including phenoxy) is 2. The minimum Gasteiger partial charge on any atom is -0.488 e. The highest BCUT2D eigenvalue weighted by Crippen LogP contribution is 2.23. The fraction of sp³-hybridized carbons (Fsp3) is 0.364. The minimum atomic E-state index is -0.954. The first-order valence-electron chi connectivity index (χ1n) is 9.44. The number of hydrogen-bond donors (Lipinski definition) is 2. The molecule has 2 aromatic carbocycles. The SMILES string of the molecule is Cc1ccc(CNC(=O)CCc2ccc(C(=O)O)cc2)c(OC2CCOC2)c1. The average molecular weight is 383 g/mol. The standard InChI is InChI=1S/C22H25NO5/c1-15-2-6-18(20(12-15)28-19-10-11-27-14-19)13-23-21(24)9-5-16-3-7-17(8-4-16)22(25)26/h2-4,6-8,12,19H,5,9-11,13-14H2,1H3,(H,23,24)(H,25,26). The quantitative estimate of drug-likeness (QED) is 0.732. The number of nitrogens with one attached hydrogen (secondary N) is 1. The summed E-state index contributed by atoms with van der Waals surface area (Å²) in [6.07, 6.45) is 1.83. The largest absolute Gasteiger partial charge is 0.488 e. The number of carboxylic acid groups (broad SMARTS) is 1. The number of aryl methyl sites for hydroxylation is 2. The molecule has 148 valence electrons. The van der Waals surface area contributed by atoms with Gasteiger partial charge in [-0.2, -0.15) is 0 Å². The molecule has 0 aromatic heterocycles. The summed E-state index contributed by atoms with van der Waals surface area (Å²) in [4.78, 5) is 23.1. The number of rotatable bonds is 8. The molecule has 2 aromatic rings. The van der Waals surface area contributed by atoms with E-state index >= 15 is 0 Å². The molecule has 0 bridgehead atoms. The molecule has 0 saturated carbocycles. The second-order valence-corrected chi connectivity index (χ2v) is 6.99. The van der Waals surface area contributed by atoms with Crippen LogP contribution in [0.1, 0.15) is 39.9 Å². The molecule has 1 amide bonds. The molecule has 1 aliphatic rings. The highest BCUT2D eigenvalue weighted by atomic mass is 16.5. The van der Waals surface area contributed by atoms with Crippen LogP contribution < -0.4 is 10.1 Å². The monoisotopic (exact) mass is 383 g/mol. The van der Waals surface area contributed by atoms with E-state index in [0.717, 1.165) is 35.5 Å². The van der Waals surface area contributed by atoms with Crippen LogP contribution in [-0.4, -0.2) is 36.3 Å². The van der Waals surface area contributed by atoms with Crippen LogP contribution in [-0.2, 0) is 22.5 Å². The maximum Gasteiger partial charge on any atom is 0.335 e. The van der Waals surface area contributed by atoms with Gasteiger partial charge in [-0.05, 0) is 42.7 Å². The third-order valence-electron chi connectivity index (χ3n) is 4.72. The maximum atomic E-state index is 12.2. The van der Waals surface area contributed by atoms with Crippen molar-refractivity contribution in [2.45, 2.75) is 38.8 Å². The predicted octanol–water partition coefficient (Wildman–Crippen LogP) is 3.11. The van der Waals surface area contributed by atoms with Crippen LogP contribution in [0.4, 0.5) is 0 Å². The number of carbonyl (C=O) groups excluding carboxylic acids is 1. The van der Waals surface area contributed by atoms with Crippen molar-refractivity contribution in [3.05, 3.63) is 64.7 Å². The van der Waals surface area contributed by atoms with Crippen molar-refractivity contribution in [1.29, 1.82) is 0 Å². The van der Waals surface area contributed by atoms with Gasteiger partial charge in [-0.15, -0.1) is 0 Å². The normalized spacial score (nSPS) is 16.0. The average Bonchev–Trinajstić information content (AvgIpc) is 3.19. The lowest BCUT2D eigenvalue weighted by molar-refractivity contribution is -0.121. The first-order chi connectivity index (χ1) is 13.5. The van der Waals surface area contributed by atoms with Crippen molar-refractivity contribution >= 4 is 11.9 Å². The van der Waals surface area contributed by atoms with Gasteiger partial charge in [0, 0.05) is 24.9 Å². The fourth-order valence-corrected chi connectivity index (χ4v) is 3.06.